The quantitative estimate of drug-likeness (QED) is 0.831. The van der Waals surface area contributed by atoms with E-state index < -0.39 is 6.61 Å². The number of aromatic nitrogens is 2. The fourth-order valence-electron chi connectivity index (χ4n) is 1.47. The van der Waals surface area contributed by atoms with E-state index in [-0.39, 0.29) is 18.0 Å². The first-order valence-corrected chi connectivity index (χ1v) is 5.21. The molecule has 1 heterocycles. The Labute approximate surface area is 102 Å². The fourth-order valence-corrected chi connectivity index (χ4v) is 1.47. The molecule has 6 heteroatoms. The minimum atomic E-state index is -2.87. The van der Waals surface area contributed by atoms with Gasteiger partial charge in [-0.1, -0.05) is 0 Å². The molecule has 0 saturated heterocycles. The van der Waals surface area contributed by atoms with Gasteiger partial charge in [-0.3, -0.25) is 4.79 Å². The molecule has 4 nitrogen and oxygen atoms in total. The Bertz CT molecular complexity index is 509. The van der Waals surface area contributed by atoms with Gasteiger partial charge in [-0.2, -0.15) is 8.78 Å². The third-order valence-electron chi connectivity index (χ3n) is 2.28. The zero-order chi connectivity index (χ0) is 13.0. The lowest BCUT2D eigenvalue weighted by molar-refractivity contribution is -0.0498. The molecule has 18 heavy (non-hydrogen) atoms. The van der Waals surface area contributed by atoms with E-state index in [1.54, 1.807) is 12.4 Å². The van der Waals surface area contributed by atoms with Crippen molar-refractivity contribution in [1.82, 2.24) is 9.97 Å². The van der Waals surface area contributed by atoms with Crippen molar-refractivity contribution in [2.45, 2.75) is 13.0 Å². The predicted molar refractivity (Wildman–Crippen MR) is 59.7 cm³/mol. The molecular formula is C12H10F2N2O2. The number of carbonyl (C=O) groups is 1. The Morgan fingerprint density at radius 3 is 2.61 bits per heavy atom. The number of carbonyl (C=O) groups excluding carboxylic acids is 1. The molecule has 0 radical (unpaired) electrons. The highest BCUT2D eigenvalue weighted by Gasteiger charge is 2.09. The van der Waals surface area contributed by atoms with Gasteiger partial charge in [-0.05, 0) is 24.3 Å². The van der Waals surface area contributed by atoms with Crippen LogP contribution in [0.4, 0.5) is 8.78 Å². The summed E-state index contributed by atoms with van der Waals surface area (Å²) in [5.41, 5.74) is 0.424. The molecule has 0 amide bonds. The lowest BCUT2D eigenvalue weighted by Gasteiger charge is -2.04. The molecule has 0 fully saturated rings. The highest BCUT2D eigenvalue weighted by atomic mass is 19.3. The number of hydrogen-bond donors (Lipinski definition) is 1. The first kappa shape index (κ1) is 12.2. The van der Waals surface area contributed by atoms with Gasteiger partial charge in [0.2, 0.25) is 0 Å². The van der Waals surface area contributed by atoms with Gasteiger partial charge < -0.3 is 9.72 Å². The van der Waals surface area contributed by atoms with Crippen LogP contribution in [0.5, 0.6) is 5.75 Å². The molecule has 0 spiro atoms. The van der Waals surface area contributed by atoms with E-state index in [0.29, 0.717) is 11.4 Å². The third-order valence-corrected chi connectivity index (χ3v) is 2.28. The van der Waals surface area contributed by atoms with E-state index in [9.17, 15) is 13.6 Å². The van der Waals surface area contributed by atoms with E-state index >= 15 is 0 Å². The molecule has 1 aromatic heterocycles. The summed E-state index contributed by atoms with van der Waals surface area (Å²) in [6.45, 7) is -2.87. The Morgan fingerprint density at radius 1 is 1.33 bits per heavy atom. The Hall–Kier alpha value is -2.24. The van der Waals surface area contributed by atoms with Crippen molar-refractivity contribution in [2.75, 3.05) is 0 Å². The van der Waals surface area contributed by atoms with E-state index in [2.05, 4.69) is 14.7 Å². The summed E-state index contributed by atoms with van der Waals surface area (Å²) in [5, 5.41) is 0. The summed E-state index contributed by atoms with van der Waals surface area (Å²) in [5.74, 6) is 0.445. The van der Waals surface area contributed by atoms with Gasteiger partial charge >= 0.3 is 6.61 Å². The molecule has 2 rings (SSSR count). The molecule has 1 aromatic carbocycles. The van der Waals surface area contributed by atoms with Crippen molar-refractivity contribution in [1.29, 1.82) is 0 Å². The maximum atomic E-state index is 11.9. The van der Waals surface area contributed by atoms with Gasteiger partial charge in [0, 0.05) is 18.0 Å². The summed E-state index contributed by atoms with van der Waals surface area (Å²) < 4.78 is 28.1. The smallest absolute Gasteiger partial charge is 0.387 e. The zero-order valence-electron chi connectivity index (χ0n) is 9.27. The van der Waals surface area contributed by atoms with E-state index in [1.807, 2.05) is 0 Å². The second-order valence-electron chi connectivity index (χ2n) is 3.54. The predicted octanol–water partition coefficient (Wildman–Crippen LogP) is 2.44. The minimum absolute atomic E-state index is 0.0274. The molecule has 1 N–H and O–H groups in total. The Balaban J connectivity index is 2.03. The van der Waals surface area contributed by atoms with Crippen LogP contribution >= 0.6 is 0 Å². The number of alkyl halides is 2. The van der Waals surface area contributed by atoms with Gasteiger partial charge in [0.15, 0.2) is 5.78 Å². The Morgan fingerprint density at radius 2 is 2.06 bits per heavy atom. The SMILES string of the molecule is O=C(Cc1ncc[nH]1)c1ccc(OC(F)F)cc1. The van der Waals surface area contributed by atoms with Crippen molar-refractivity contribution < 1.29 is 18.3 Å². The summed E-state index contributed by atoms with van der Waals surface area (Å²) in [4.78, 5) is 18.6. The van der Waals surface area contributed by atoms with Crippen LogP contribution in [0.15, 0.2) is 36.7 Å². The van der Waals surface area contributed by atoms with Crippen LogP contribution in [0, 0.1) is 0 Å². The Kier molecular flexibility index (Phi) is 3.66. The summed E-state index contributed by atoms with van der Waals surface area (Å²) in [6, 6.07) is 5.56. The first-order valence-electron chi connectivity index (χ1n) is 5.21. The van der Waals surface area contributed by atoms with Crippen LogP contribution in [0.25, 0.3) is 0 Å². The number of ketones is 1. The number of hydrogen-bond acceptors (Lipinski definition) is 3. The van der Waals surface area contributed by atoms with Crippen LogP contribution in [-0.4, -0.2) is 22.4 Å². The van der Waals surface area contributed by atoms with E-state index in [1.165, 1.54) is 24.3 Å². The van der Waals surface area contributed by atoms with Crippen molar-refractivity contribution >= 4 is 5.78 Å². The van der Waals surface area contributed by atoms with Crippen molar-refractivity contribution in [2.24, 2.45) is 0 Å². The van der Waals surface area contributed by atoms with Crippen LogP contribution in [0.3, 0.4) is 0 Å². The number of benzene rings is 1. The molecule has 0 saturated carbocycles. The summed E-state index contributed by atoms with van der Waals surface area (Å²) >= 11 is 0. The number of H-pyrrole nitrogens is 1. The molecule has 0 aliphatic heterocycles. The number of rotatable bonds is 5. The average molecular weight is 252 g/mol. The van der Waals surface area contributed by atoms with Gasteiger partial charge in [0.1, 0.15) is 11.6 Å². The second kappa shape index (κ2) is 5.39. The van der Waals surface area contributed by atoms with Crippen LogP contribution in [-0.2, 0) is 6.42 Å². The standard InChI is InChI=1S/C12H10F2N2O2/c13-12(14)18-9-3-1-8(2-4-9)10(17)7-11-15-5-6-16-11/h1-6,12H,7H2,(H,15,16). The number of nitrogens with one attached hydrogen (secondary N) is 1. The number of halogens is 2. The number of ether oxygens (including phenoxy) is 1. The van der Waals surface area contributed by atoms with E-state index in [4.69, 9.17) is 0 Å². The highest BCUT2D eigenvalue weighted by Crippen LogP contribution is 2.15. The van der Waals surface area contributed by atoms with Crippen LogP contribution in [0.1, 0.15) is 16.2 Å². The molecule has 0 aliphatic rings. The zero-order valence-corrected chi connectivity index (χ0v) is 9.27. The number of nitrogens with zero attached hydrogens (tertiary/aromatic N) is 1. The largest absolute Gasteiger partial charge is 0.435 e. The molecule has 0 atom stereocenters. The minimum Gasteiger partial charge on any atom is -0.435 e. The van der Waals surface area contributed by atoms with Crippen LogP contribution in [0.2, 0.25) is 0 Å². The lowest BCUT2D eigenvalue weighted by atomic mass is 10.1. The maximum absolute atomic E-state index is 11.9. The molecule has 0 aliphatic carbocycles. The number of aromatic amines is 1. The molecule has 94 valence electrons. The fraction of sp³-hybridized carbons (Fsp3) is 0.167. The molecule has 0 unspecified atom stereocenters. The van der Waals surface area contributed by atoms with Gasteiger partial charge in [0.05, 0.1) is 6.42 Å². The van der Waals surface area contributed by atoms with Gasteiger partial charge in [-0.25, -0.2) is 4.98 Å². The molecular weight excluding hydrogens is 242 g/mol. The number of Topliss-reactive ketones (excluding diaryl/α,β-unsaturated/α-hetero) is 1. The number of imidazole rings is 1. The first-order chi connectivity index (χ1) is 8.65. The normalized spacial score (nSPS) is 10.6. The molecule has 0 bridgehead atoms. The average Bonchev–Trinajstić information content (AvgIpc) is 2.82. The van der Waals surface area contributed by atoms with Crippen molar-refractivity contribution in [3.63, 3.8) is 0 Å². The summed E-state index contributed by atoms with van der Waals surface area (Å²) in [6.07, 6.45) is 3.33. The van der Waals surface area contributed by atoms with Gasteiger partial charge in [-0.15, -0.1) is 0 Å². The van der Waals surface area contributed by atoms with Crippen molar-refractivity contribution in [3.05, 3.63) is 48.0 Å². The maximum Gasteiger partial charge on any atom is 0.387 e. The van der Waals surface area contributed by atoms with Crippen LogP contribution < -0.4 is 4.74 Å². The highest BCUT2D eigenvalue weighted by molar-refractivity contribution is 5.97. The van der Waals surface area contributed by atoms with E-state index in [0.717, 1.165) is 0 Å². The second-order valence-corrected chi connectivity index (χ2v) is 3.54. The summed E-state index contributed by atoms with van der Waals surface area (Å²) in [7, 11) is 0. The molecule has 2 aromatic rings. The van der Waals surface area contributed by atoms with Crippen molar-refractivity contribution in [3.8, 4) is 5.75 Å². The van der Waals surface area contributed by atoms with Gasteiger partial charge in [0.25, 0.3) is 0 Å². The topological polar surface area (TPSA) is 55.0 Å². The monoisotopic (exact) mass is 252 g/mol. The lowest BCUT2D eigenvalue weighted by Crippen LogP contribution is -2.06. The third kappa shape index (κ3) is 3.13.